The van der Waals surface area contributed by atoms with Gasteiger partial charge < -0.3 is 10.6 Å². The molecular weight excluding hydrogens is 196 g/mol. The second-order valence-corrected chi connectivity index (χ2v) is 5.09. The van der Waals surface area contributed by atoms with Crippen molar-refractivity contribution in [1.29, 1.82) is 0 Å². The SMILES string of the molecule is CC(C)c1ccc(C(C(C)N)N(C)C)cc1. The predicted molar refractivity (Wildman–Crippen MR) is 70.6 cm³/mol. The first-order valence-corrected chi connectivity index (χ1v) is 5.95. The van der Waals surface area contributed by atoms with Gasteiger partial charge in [-0.3, -0.25) is 0 Å². The lowest BCUT2D eigenvalue weighted by atomic mass is 9.96. The molecule has 2 atom stereocenters. The molecule has 0 aliphatic carbocycles. The lowest BCUT2D eigenvalue weighted by Crippen LogP contribution is -2.35. The lowest BCUT2D eigenvalue weighted by molar-refractivity contribution is 0.266. The molecule has 2 heteroatoms. The molecule has 0 aliphatic heterocycles. The van der Waals surface area contributed by atoms with E-state index >= 15 is 0 Å². The topological polar surface area (TPSA) is 29.3 Å². The van der Waals surface area contributed by atoms with E-state index in [0.717, 1.165) is 0 Å². The summed E-state index contributed by atoms with van der Waals surface area (Å²) in [7, 11) is 4.15. The van der Waals surface area contributed by atoms with Crippen LogP contribution in [0.3, 0.4) is 0 Å². The zero-order valence-electron chi connectivity index (χ0n) is 11.1. The zero-order valence-corrected chi connectivity index (χ0v) is 11.1. The van der Waals surface area contributed by atoms with Gasteiger partial charge in [-0.1, -0.05) is 38.1 Å². The maximum absolute atomic E-state index is 6.03. The maximum Gasteiger partial charge on any atom is 0.0491 e. The number of rotatable bonds is 4. The molecule has 0 spiro atoms. The third-order valence-corrected chi connectivity index (χ3v) is 3.00. The fraction of sp³-hybridized carbons (Fsp3) is 0.571. The summed E-state index contributed by atoms with van der Waals surface area (Å²) < 4.78 is 0. The number of hydrogen-bond donors (Lipinski definition) is 1. The Labute approximate surface area is 99.5 Å². The number of benzene rings is 1. The lowest BCUT2D eigenvalue weighted by Gasteiger charge is -2.28. The first kappa shape index (κ1) is 13.2. The first-order valence-electron chi connectivity index (χ1n) is 5.95. The molecule has 1 rings (SSSR count). The van der Waals surface area contributed by atoms with Crippen LogP contribution >= 0.6 is 0 Å². The fourth-order valence-electron chi connectivity index (χ4n) is 2.15. The van der Waals surface area contributed by atoms with Crippen molar-refractivity contribution >= 4 is 0 Å². The molecule has 0 heterocycles. The molecule has 0 aromatic heterocycles. The van der Waals surface area contributed by atoms with Gasteiger partial charge in [-0.05, 0) is 38.1 Å². The molecule has 0 fully saturated rings. The molecular formula is C14H24N2. The van der Waals surface area contributed by atoms with E-state index in [1.807, 2.05) is 0 Å². The van der Waals surface area contributed by atoms with Crippen molar-refractivity contribution in [3.05, 3.63) is 35.4 Å². The van der Waals surface area contributed by atoms with Crippen molar-refractivity contribution in [3.63, 3.8) is 0 Å². The molecule has 0 radical (unpaired) electrons. The van der Waals surface area contributed by atoms with Crippen molar-refractivity contribution in [1.82, 2.24) is 4.90 Å². The molecule has 2 N–H and O–H groups in total. The molecule has 2 nitrogen and oxygen atoms in total. The summed E-state index contributed by atoms with van der Waals surface area (Å²) in [5.41, 5.74) is 8.70. The highest BCUT2D eigenvalue weighted by Gasteiger charge is 2.18. The van der Waals surface area contributed by atoms with Gasteiger partial charge in [0.05, 0.1) is 0 Å². The quantitative estimate of drug-likeness (QED) is 0.845. The summed E-state index contributed by atoms with van der Waals surface area (Å²) in [6, 6.07) is 9.24. The van der Waals surface area contributed by atoms with E-state index in [1.54, 1.807) is 0 Å². The maximum atomic E-state index is 6.03. The van der Waals surface area contributed by atoms with Crippen molar-refractivity contribution in [2.24, 2.45) is 5.73 Å². The Kier molecular flexibility index (Phi) is 4.51. The average molecular weight is 220 g/mol. The Bertz CT molecular complexity index is 304. The summed E-state index contributed by atoms with van der Waals surface area (Å²) in [5.74, 6) is 0.585. The highest BCUT2D eigenvalue weighted by Crippen LogP contribution is 2.23. The van der Waals surface area contributed by atoms with Crippen molar-refractivity contribution in [2.45, 2.75) is 38.8 Å². The summed E-state index contributed by atoms with van der Waals surface area (Å²) in [6.45, 7) is 6.48. The summed E-state index contributed by atoms with van der Waals surface area (Å²) in [4.78, 5) is 2.18. The Morgan fingerprint density at radius 3 is 1.69 bits per heavy atom. The molecule has 90 valence electrons. The third-order valence-electron chi connectivity index (χ3n) is 3.00. The van der Waals surface area contributed by atoms with Crippen LogP contribution in [0.4, 0.5) is 0 Å². The molecule has 0 amide bonds. The van der Waals surface area contributed by atoms with Crippen molar-refractivity contribution < 1.29 is 0 Å². The van der Waals surface area contributed by atoms with Crippen LogP contribution in [0.5, 0.6) is 0 Å². The second-order valence-electron chi connectivity index (χ2n) is 5.09. The van der Waals surface area contributed by atoms with Gasteiger partial charge in [0.15, 0.2) is 0 Å². The molecule has 0 aliphatic rings. The van der Waals surface area contributed by atoms with Gasteiger partial charge in [-0.15, -0.1) is 0 Å². The van der Waals surface area contributed by atoms with Gasteiger partial charge in [0.2, 0.25) is 0 Å². The van der Waals surface area contributed by atoms with Gasteiger partial charge in [0, 0.05) is 12.1 Å². The molecule has 1 aromatic rings. The van der Waals surface area contributed by atoms with Gasteiger partial charge in [0.25, 0.3) is 0 Å². The minimum Gasteiger partial charge on any atom is -0.326 e. The van der Waals surface area contributed by atoms with E-state index in [1.165, 1.54) is 11.1 Å². The summed E-state index contributed by atoms with van der Waals surface area (Å²) >= 11 is 0. The molecule has 1 aromatic carbocycles. The third kappa shape index (κ3) is 3.06. The van der Waals surface area contributed by atoms with Crippen molar-refractivity contribution in [2.75, 3.05) is 14.1 Å². The van der Waals surface area contributed by atoms with Crippen LogP contribution in [0.2, 0.25) is 0 Å². The number of hydrogen-bond acceptors (Lipinski definition) is 2. The number of nitrogens with zero attached hydrogens (tertiary/aromatic N) is 1. The van der Waals surface area contributed by atoms with Crippen molar-refractivity contribution in [3.8, 4) is 0 Å². The second kappa shape index (κ2) is 5.46. The van der Waals surface area contributed by atoms with Crippen LogP contribution in [0.1, 0.15) is 43.9 Å². The van der Waals surface area contributed by atoms with E-state index < -0.39 is 0 Å². The Hall–Kier alpha value is -0.860. The van der Waals surface area contributed by atoms with Gasteiger partial charge >= 0.3 is 0 Å². The minimum atomic E-state index is 0.139. The minimum absolute atomic E-state index is 0.139. The van der Waals surface area contributed by atoms with E-state index in [9.17, 15) is 0 Å². The van der Waals surface area contributed by atoms with Gasteiger partial charge in [-0.2, -0.15) is 0 Å². The van der Waals surface area contributed by atoms with Gasteiger partial charge in [-0.25, -0.2) is 0 Å². The van der Waals surface area contributed by atoms with Crippen LogP contribution in [0.15, 0.2) is 24.3 Å². The summed E-state index contributed by atoms with van der Waals surface area (Å²) in [5, 5.41) is 0. The standard InChI is InChI=1S/C14H24N2/c1-10(2)12-6-8-13(9-7-12)14(11(3)15)16(4)5/h6-11,14H,15H2,1-5H3. The Morgan fingerprint density at radius 1 is 0.938 bits per heavy atom. The smallest absolute Gasteiger partial charge is 0.0491 e. The first-order chi connectivity index (χ1) is 7.43. The highest BCUT2D eigenvalue weighted by molar-refractivity contribution is 5.27. The Morgan fingerprint density at radius 2 is 1.38 bits per heavy atom. The molecule has 0 bridgehead atoms. The summed E-state index contributed by atoms with van der Waals surface area (Å²) in [6.07, 6.45) is 0. The van der Waals surface area contributed by atoms with E-state index in [-0.39, 0.29) is 6.04 Å². The normalized spacial score (nSPS) is 15.5. The van der Waals surface area contributed by atoms with E-state index in [2.05, 4.69) is 64.0 Å². The molecule has 0 saturated heterocycles. The van der Waals surface area contributed by atoms with Crippen LogP contribution < -0.4 is 5.73 Å². The molecule has 0 saturated carbocycles. The number of likely N-dealkylation sites (N-methyl/N-ethyl adjacent to an activating group) is 1. The molecule has 16 heavy (non-hydrogen) atoms. The monoisotopic (exact) mass is 220 g/mol. The predicted octanol–water partition coefficient (Wildman–Crippen LogP) is 2.76. The largest absolute Gasteiger partial charge is 0.326 e. The van der Waals surface area contributed by atoms with Crippen LogP contribution in [0.25, 0.3) is 0 Å². The zero-order chi connectivity index (χ0) is 12.3. The average Bonchev–Trinajstić information content (AvgIpc) is 2.17. The number of nitrogens with two attached hydrogens (primary N) is 1. The van der Waals surface area contributed by atoms with Gasteiger partial charge in [0.1, 0.15) is 0 Å². The van der Waals surface area contributed by atoms with Crippen LogP contribution in [0, 0.1) is 0 Å². The van der Waals surface area contributed by atoms with E-state index in [0.29, 0.717) is 12.0 Å². The van der Waals surface area contributed by atoms with E-state index in [4.69, 9.17) is 5.73 Å². The molecule has 2 unspecified atom stereocenters. The van der Waals surface area contributed by atoms with Crippen LogP contribution in [-0.2, 0) is 0 Å². The van der Waals surface area contributed by atoms with Crippen LogP contribution in [-0.4, -0.2) is 25.0 Å². The fourth-order valence-corrected chi connectivity index (χ4v) is 2.15. The highest BCUT2D eigenvalue weighted by atomic mass is 15.1. The Balaban J connectivity index is 2.94.